The first kappa shape index (κ1) is 28.6. The van der Waals surface area contributed by atoms with E-state index in [1.54, 1.807) is 0 Å². The molecule has 3 aliphatic heterocycles. The number of hydrogen-bond acceptors (Lipinski definition) is 9. The third-order valence-corrected chi connectivity index (χ3v) is 12.3. The van der Waals surface area contributed by atoms with Crippen molar-refractivity contribution in [1.29, 1.82) is 0 Å². The van der Waals surface area contributed by atoms with Crippen molar-refractivity contribution >= 4 is 35.3 Å². The predicted octanol–water partition coefficient (Wildman–Crippen LogP) is 6.12. The number of fused-ring (bicyclic) bond motifs is 6. The van der Waals surface area contributed by atoms with Crippen molar-refractivity contribution in [2.24, 2.45) is 28.6 Å². The summed E-state index contributed by atoms with van der Waals surface area (Å²) < 4.78 is 9.34. The lowest BCUT2D eigenvalue weighted by Crippen LogP contribution is -2.42. The summed E-state index contributed by atoms with van der Waals surface area (Å²) in [5, 5.41) is 6.16. The largest absolute Gasteiger partial charge is 0.370 e. The molecule has 0 aromatic carbocycles. The van der Waals surface area contributed by atoms with Crippen LogP contribution in [-0.2, 0) is 4.74 Å². The van der Waals surface area contributed by atoms with E-state index in [4.69, 9.17) is 9.72 Å². The Morgan fingerprint density at radius 1 is 1.09 bits per heavy atom. The highest BCUT2D eigenvalue weighted by atomic mass is 32.2. The van der Waals surface area contributed by atoms with Gasteiger partial charge >= 0.3 is 0 Å². The van der Waals surface area contributed by atoms with Crippen molar-refractivity contribution in [3.05, 3.63) is 48.2 Å². The molecule has 2 spiro atoms. The fourth-order valence-electron chi connectivity index (χ4n) is 8.78. The summed E-state index contributed by atoms with van der Waals surface area (Å²) in [6.45, 7) is 9.41. The number of aromatic nitrogens is 2. The highest BCUT2D eigenvalue weighted by molar-refractivity contribution is 7.97. The second-order valence-corrected chi connectivity index (χ2v) is 15.7. The van der Waals surface area contributed by atoms with Crippen LogP contribution in [0.4, 0.5) is 17.5 Å². The number of hydrazine groups is 1. The Labute approximate surface area is 265 Å². The SMILES string of the molecule is CC1CCNc2cccc(n2)SNC(=O)c2ccc(N3C=CC(OCCC4C5(CC5)CC45CC5)N3)nc2N2CC1CC2(C)C. The van der Waals surface area contributed by atoms with Crippen molar-refractivity contribution in [1.82, 2.24) is 20.1 Å². The number of pyridine rings is 2. The Bertz CT molecular complexity index is 1450. The molecule has 1 amide bonds. The summed E-state index contributed by atoms with van der Waals surface area (Å²) in [6.07, 6.45) is 14.4. The van der Waals surface area contributed by atoms with E-state index in [1.807, 2.05) is 41.5 Å². The Balaban J connectivity index is 1.00. The Morgan fingerprint density at radius 2 is 1.91 bits per heavy atom. The molecule has 3 unspecified atom stereocenters. The first-order chi connectivity index (χ1) is 21.2. The average molecular weight is 616 g/mol. The lowest BCUT2D eigenvalue weighted by atomic mass is 9.58. The van der Waals surface area contributed by atoms with Crippen LogP contribution in [-0.4, -0.2) is 47.3 Å². The van der Waals surface area contributed by atoms with Crippen molar-refractivity contribution in [2.75, 3.05) is 34.9 Å². The molecule has 4 fully saturated rings. The molecule has 4 bridgehead atoms. The molecule has 3 saturated carbocycles. The topological polar surface area (TPSA) is 94.7 Å². The van der Waals surface area contributed by atoms with Crippen LogP contribution in [0.25, 0.3) is 0 Å². The molecule has 1 saturated heterocycles. The van der Waals surface area contributed by atoms with Gasteiger partial charge in [-0.15, -0.1) is 0 Å². The summed E-state index contributed by atoms with van der Waals surface area (Å²) in [5.74, 6) is 4.03. The predicted molar refractivity (Wildman–Crippen MR) is 174 cm³/mol. The maximum absolute atomic E-state index is 13.7. The number of carbonyl (C=O) groups is 1. The first-order valence-corrected chi connectivity index (χ1v) is 17.4. The molecular weight excluding hydrogens is 570 g/mol. The van der Waals surface area contributed by atoms with E-state index in [0.717, 1.165) is 60.9 Å². The van der Waals surface area contributed by atoms with E-state index in [-0.39, 0.29) is 17.7 Å². The number of ether oxygens (including phenoxy) is 1. The Morgan fingerprint density at radius 3 is 2.70 bits per heavy atom. The molecule has 234 valence electrons. The van der Waals surface area contributed by atoms with Crippen molar-refractivity contribution in [2.45, 2.75) is 88.9 Å². The van der Waals surface area contributed by atoms with Crippen LogP contribution < -0.4 is 25.4 Å². The van der Waals surface area contributed by atoms with Crippen LogP contribution in [0.15, 0.2) is 47.6 Å². The van der Waals surface area contributed by atoms with Gasteiger partial charge in [0.25, 0.3) is 5.91 Å². The molecule has 3 atom stereocenters. The van der Waals surface area contributed by atoms with E-state index in [2.05, 4.69) is 52.2 Å². The molecular formula is C34H45N7O2S. The van der Waals surface area contributed by atoms with Gasteiger partial charge < -0.3 is 15.0 Å². The van der Waals surface area contributed by atoms with Gasteiger partial charge in [0.05, 0.1) is 5.56 Å². The van der Waals surface area contributed by atoms with Gasteiger partial charge in [-0.1, -0.05) is 13.0 Å². The van der Waals surface area contributed by atoms with Gasteiger partial charge in [0, 0.05) is 43.4 Å². The maximum atomic E-state index is 13.7. The minimum atomic E-state index is -0.176. The zero-order valence-corrected chi connectivity index (χ0v) is 27.0. The zero-order valence-electron chi connectivity index (χ0n) is 26.1. The van der Waals surface area contributed by atoms with E-state index in [1.165, 1.54) is 50.5 Å². The fourth-order valence-corrected chi connectivity index (χ4v) is 9.38. The van der Waals surface area contributed by atoms with Crippen molar-refractivity contribution < 1.29 is 9.53 Å². The molecule has 10 heteroatoms. The summed E-state index contributed by atoms with van der Waals surface area (Å²) in [6, 6.07) is 9.70. The van der Waals surface area contributed by atoms with Crippen LogP contribution in [0.1, 0.15) is 82.5 Å². The van der Waals surface area contributed by atoms with E-state index < -0.39 is 0 Å². The average Bonchev–Trinajstić information content (AvgIpc) is 3.91. The highest BCUT2D eigenvalue weighted by Crippen LogP contribution is 2.81. The molecule has 8 rings (SSSR count). The van der Waals surface area contributed by atoms with Gasteiger partial charge in [-0.25, -0.2) is 9.97 Å². The molecule has 3 N–H and O–H groups in total. The quantitative estimate of drug-likeness (QED) is 0.344. The smallest absolute Gasteiger partial charge is 0.265 e. The molecule has 2 aromatic heterocycles. The standard InChI is InChI=1S/C34H45N7O2S/c1-22-9-16-35-26-5-4-6-29(36-26)44-39-31(42)24-7-8-27(37-30(24)40-20-23(22)19-32(40,2)3)41-17-10-28(38-41)43-18-11-25-33(12-13-33)21-34(25)14-15-34/h4-8,10,17,22-23,25,28,38H,9,11-16,18-21H2,1-3H3,(H,35,36)(H,39,42). The van der Waals surface area contributed by atoms with Gasteiger partial charge in [0.15, 0.2) is 0 Å². The zero-order chi connectivity index (χ0) is 30.1. The van der Waals surface area contributed by atoms with Gasteiger partial charge in [-0.2, -0.15) is 5.43 Å². The summed E-state index contributed by atoms with van der Waals surface area (Å²) in [4.78, 5) is 25.9. The van der Waals surface area contributed by atoms with Gasteiger partial charge in [0.2, 0.25) is 0 Å². The number of amides is 1. The van der Waals surface area contributed by atoms with Crippen LogP contribution in [0.5, 0.6) is 0 Å². The molecule has 0 radical (unpaired) electrons. The highest BCUT2D eigenvalue weighted by Gasteiger charge is 2.72. The summed E-state index contributed by atoms with van der Waals surface area (Å²) in [7, 11) is 0. The van der Waals surface area contributed by atoms with E-state index >= 15 is 0 Å². The number of rotatable bonds is 5. The molecule has 6 aliphatic rings. The molecule has 44 heavy (non-hydrogen) atoms. The number of anilines is 3. The number of nitrogens with zero attached hydrogens (tertiary/aromatic N) is 4. The number of hydrogen-bond donors (Lipinski definition) is 3. The molecule has 9 nitrogen and oxygen atoms in total. The normalized spacial score (nSPS) is 29.4. The van der Waals surface area contributed by atoms with Crippen LogP contribution >= 0.6 is 11.9 Å². The summed E-state index contributed by atoms with van der Waals surface area (Å²) in [5.41, 5.74) is 5.28. The van der Waals surface area contributed by atoms with Gasteiger partial charge in [-0.3, -0.25) is 14.5 Å². The van der Waals surface area contributed by atoms with Crippen LogP contribution in [0.3, 0.4) is 0 Å². The van der Waals surface area contributed by atoms with Gasteiger partial charge in [0.1, 0.15) is 28.7 Å². The van der Waals surface area contributed by atoms with Crippen LogP contribution in [0, 0.1) is 28.6 Å². The Hall–Kier alpha value is -2.82. The molecule has 3 aliphatic carbocycles. The second-order valence-electron chi connectivity index (χ2n) is 14.9. The monoisotopic (exact) mass is 615 g/mol. The fraction of sp³-hybridized carbons (Fsp3) is 0.618. The van der Waals surface area contributed by atoms with E-state index in [9.17, 15) is 4.79 Å². The third kappa shape index (κ3) is 5.16. The van der Waals surface area contributed by atoms with E-state index in [0.29, 0.717) is 28.2 Å². The lowest BCUT2D eigenvalue weighted by Gasteiger charge is -2.47. The third-order valence-electron chi connectivity index (χ3n) is 11.5. The first-order valence-electron chi connectivity index (χ1n) is 16.6. The minimum Gasteiger partial charge on any atom is -0.370 e. The van der Waals surface area contributed by atoms with Gasteiger partial charge in [-0.05, 0) is 124 Å². The maximum Gasteiger partial charge on any atom is 0.265 e. The molecule has 5 heterocycles. The molecule has 2 aromatic rings. The van der Waals surface area contributed by atoms with Crippen LogP contribution in [0.2, 0.25) is 0 Å². The summed E-state index contributed by atoms with van der Waals surface area (Å²) >= 11 is 1.24. The Kier molecular flexibility index (Phi) is 6.92. The lowest BCUT2D eigenvalue weighted by molar-refractivity contribution is -0.0209. The van der Waals surface area contributed by atoms with Crippen molar-refractivity contribution in [3.63, 3.8) is 0 Å². The second kappa shape index (κ2) is 10.6. The number of carbonyl (C=O) groups excluding carboxylic acids is 1. The minimum absolute atomic E-state index is 0.137. The number of nitrogens with one attached hydrogen (secondary N) is 3. The van der Waals surface area contributed by atoms with Crippen molar-refractivity contribution in [3.8, 4) is 0 Å².